The molecule has 1 aliphatic heterocycles. The van der Waals surface area contributed by atoms with Crippen molar-refractivity contribution in [2.45, 2.75) is 46.2 Å². The Morgan fingerprint density at radius 2 is 1.91 bits per heavy atom. The van der Waals surface area contributed by atoms with Gasteiger partial charge in [0.1, 0.15) is 17.6 Å². The Morgan fingerprint density at radius 3 is 2.62 bits per heavy atom. The van der Waals surface area contributed by atoms with Gasteiger partial charge in [0.25, 0.3) is 0 Å². The number of nitrogens with one attached hydrogen (secondary N) is 1. The fourth-order valence-corrected chi connectivity index (χ4v) is 4.74. The number of anilines is 2. The third-order valence-corrected chi connectivity index (χ3v) is 6.64. The van der Waals surface area contributed by atoms with Crippen molar-refractivity contribution in [3.8, 4) is 6.07 Å². The molecule has 1 saturated heterocycles. The summed E-state index contributed by atoms with van der Waals surface area (Å²) < 4.78 is 7.44. The number of nitriles is 1. The molecule has 0 aliphatic carbocycles. The molecular weight excluding hydrogens is 426 g/mol. The maximum Gasteiger partial charge on any atom is 0.239 e. The predicted octanol–water partition coefficient (Wildman–Crippen LogP) is 4.68. The van der Waals surface area contributed by atoms with E-state index in [1.54, 1.807) is 6.26 Å². The molecule has 2 aromatic heterocycles. The van der Waals surface area contributed by atoms with Gasteiger partial charge in [0.15, 0.2) is 0 Å². The number of rotatable bonds is 8. The SMILES string of the molecule is Cc1c(C#N)c(NC(=O)CN(C)Cc2ccccc2N2CCCCC2)n(Cc2ccco2)c1C. The monoisotopic (exact) mass is 459 g/mol. The molecule has 0 spiro atoms. The van der Waals surface area contributed by atoms with Gasteiger partial charge < -0.3 is 19.2 Å². The molecule has 1 aliphatic rings. The number of nitrogens with zero attached hydrogens (tertiary/aromatic N) is 4. The molecule has 0 radical (unpaired) electrons. The summed E-state index contributed by atoms with van der Waals surface area (Å²) in [5.74, 6) is 1.15. The van der Waals surface area contributed by atoms with E-state index in [4.69, 9.17) is 4.42 Å². The molecule has 178 valence electrons. The number of carbonyl (C=O) groups is 1. The Morgan fingerprint density at radius 1 is 1.15 bits per heavy atom. The molecule has 0 saturated carbocycles. The zero-order valence-electron chi connectivity index (χ0n) is 20.3. The first-order valence-electron chi connectivity index (χ1n) is 11.9. The van der Waals surface area contributed by atoms with Gasteiger partial charge in [-0.05, 0) is 69.5 Å². The van der Waals surface area contributed by atoms with Gasteiger partial charge in [-0.2, -0.15) is 5.26 Å². The molecule has 1 aromatic carbocycles. The molecule has 3 heterocycles. The highest BCUT2D eigenvalue weighted by Crippen LogP contribution is 2.28. The van der Waals surface area contributed by atoms with Gasteiger partial charge in [-0.3, -0.25) is 9.69 Å². The number of piperidine rings is 1. The largest absolute Gasteiger partial charge is 0.467 e. The van der Waals surface area contributed by atoms with Crippen LogP contribution in [-0.2, 0) is 17.9 Å². The quantitative estimate of drug-likeness (QED) is 0.529. The van der Waals surface area contributed by atoms with E-state index < -0.39 is 0 Å². The molecule has 0 unspecified atom stereocenters. The van der Waals surface area contributed by atoms with Gasteiger partial charge in [0, 0.05) is 31.0 Å². The molecule has 3 aromatic rings. The van der Waals surface area contributed by atoms with Crippen LogP contribution in [0.4, 0.5) is 11.5 Å². The Balaban J connectivity index is 1.46. The molecular formula is C27H33N5O2. The second-order valence-electron chi connectivity index (χ2n) is 9.11. The van der Waals surface area contributed by atoms with Crippen LogP contribution in [0.2, 0.25) is 0 Å². The number of furan rings is 1. The second-order valence-corrected chi connectivity index (χ2v) is 9.11. The highest BCUT2D eigenvalue weighted by atomic mass is 16.3. The van der Waals surface area contributed by atoms with Gasteiger partial charge >= 0.3 is 0 Å². The van der Waals surface area contributed by atoms with Gasteiger partial charge in [0.05, 0.1) is 24.9 Å². The van der Waals surface area contributed by atoms with Gasteiger partial charge in [0.2, 0.25) is 5.91 Å². The number of hydrogen-bond donors (Lipinski definition) is 1. The van der Waals surface area contributed by atoms with Crippen molar-refractivity contribution in [3.63, 3.8) is 0 Å². The van der Waals surface area contributed by atoms with Gasteiger partial charge in [-0.25, -0.2) is 0 Å². The van der Waals surface area contributed by atoms with E-state index in [2.05, 4.69) is 40.6 Å². The maximum absolute atomic E-state index is 13.0. The average molecular weight is 460 g/mol. The third kappa shape index (κ3) is 5.18. The lowest BCUT2D eigenvalue weighted by Gasteiger charge is -2.31. The van der Waals surface area contributed by atoms with Crippen molar-refractivity contribution < 1.29 is 9.21 Å². The van der Waals surface area contributed by atoms with Crippen LogP contribution in [0.1, 0.15) is 47.4 Å². The molecule has 7 heteroatoms. The van der Waals surface area contributed by atoms with E-state index in [1.807, 2.05) is 42.5 Å². The molecule has 4 rings (SSSR count). The van der Waals surface area contributed by atoms with Gasteiger partial charge in [-0.15, -0.1) is 0 Å². The lowest BCUT2D eigenvalue weighted by Crippen LogP contribution is -2.33. The van der Waals surface area contributed by atoms with Gasteiger partial charge in [-0.1, -0.05) is 18.2 Å². The van der Waals surface area contributed by atoms with Crippen LogP contribution in [0.25, 0.3) is 0 Å². The van der Waals surface area contributed by atoms with E-state index in [-0.39, 0.29) is 12.5 Å². The fraction of sp³-hybridized carbons (Fsp3) is 0.407. The molecule has 1 N–H and O–H groups in total. The van der Waals surface area contributed by atoms with Crippen molar-refractivity contribution in [2.24, 2.45) is 0 Å². The number of amides is 1. The second kappa shape index (κ2) is 10.6. The average Bonchev–Trinajstić information content (AvgIpc) is 3.42. The molecule has 34 heavy (non-hydrogen) atoms. The lowest BCUT2D eigenvalue weighted by atomic mass is 10.1. The van der Waals surface area contributed by atoms with Crippen molar-refractivity contribution in [3.05, 3.63) is 70.8 Å². The highest BCUT2D eigenvalue weighted by molar-refractivity contribution is 5.93. The first-order chi connectivity index (χ1) is 16.5. The number of para-hydroxylation sites is 1. The number of benzene rings is 1. The molecule has 1 fully saturated rings. The van der Waals surface area contributed by atoms with Crippen LogP contribution >= 0.6 is 0 Å². The molecule has 0 bridgehead atoms. The van der Waals surface area contributed by atoms with E-state index in [0.717, 1.165) is 30.1 Å². The topological polar surface area (TPSA) is 77.4 Å². The van der Waals surface area contributed by atoms with Crippen molar-refractivity contribution >= 4 is 17.4 Å². The number of likely N-dealkylation sites (N-methyl/N-ethyl adjacent to an activating group) is 1. The summed E-state index contributed by atoms with van der Waals surface area (Å²) in [4.78, 5) is 17.5. The normalized spacial score (nSPS) is 13.8. The van der Waals surface area contributed by atoms with Crippen LogP contribution in [0.3, 0.4) is 0 Å². The minimum absolute atomic E-state index is 0.146. The van der Waals surface area contributed by atoms with Crippen LogP contribution in [-0.4, -0.2) is 42.1 Å². The third-order valence-electron chi connectivity index (χ3n) is 6.64. The smallest absolute Gasteiger partial charge is 0.239 e. The summed E-state index contributed by atoms with van der Waals surface area (Å²) in [7, 11) is 1.95. The van der Waals surface area contributed by atoms with E-state index in [1.165, 1.54) is 30.5 Å². The Kier molecular flexibility index (Phi) is 7.39. The summed E-state index contributed by atoms with van der Waals surface area (Å²) in [5, 5.41) is 12.8. The molecule has 7 nitrogen and oxygen atoms in total. The van der Waals surface area contributed by atoms with Crippen molar-refractivity contribution in [1.29, 1.82) is 5.26 Å². The minimum atomic E-state index is -0.146. The zero-order valence-corrected chi connectivity index (χ0v) is 20.3. The molecule has 0 atom stereocenters. The van der Waals surface area contributed by atoms with Crippen LogP contribution in [0.15, 0.2) is 47.1 Å². The summed E-state index contributed by atoms with van der Waals surface area (Å²) in [5.41, 5.74) is 4.79. The summed E-state index contributed by atoms with van der Waals surface area (Å²) >= 11 is 0. The van der Waals surface area contributed by atoms with E-state index >= 15 is 0 Å². The lowest BCUT2D eigenvalue weighted by molar-refractivity contribution is -0.117. The fourth-order valence-electron chi connectivity index (χ4n) is 4.74. The van der Waals surface area contributed by atoms with Crippen LogP contribution < -0.4 is 10.2 Å². The summed E-state index contributed by atoms with van der Waals surface area (Å²) in [6.45, 7) is 7.40. The zero-order chi connectivity index (χ0) is 24.1. The van der Waals surface area contributed by atoms with E-state index in [0.29, 0.717) is 24.5 Å². The van der Waals surface area contributed by atoms with Crippen molar-refractivity contribution in [2.75, 3.05) is 36.9 Å². The highest BCUT2D eigenvalue weighted by Gasteiger charge is 2.21. The van der Waals surface area contributed by atoms with Crippen LogP contribution in [0.5, 0.6) is 0 Å². The van der Waals surface area contributed by atoms with E-state index in [9.17, 15) is 10.1 Å². The number of aromatic nitrogens is 1. The maximum atomic E-state index is 13.0. The minimum Gasteiger partial charge on any atom is -0.467 e. The number of carbonyl (C=O) groups excluding carboxylic acids is 1. The standard InChI is InChI=1S/C27H33N5O2/c1-20-21(2)32(18-23-11-9-15-34-23)27(24(20)16-28)29-26(33)19-30(3)17-22-10-5-6-12-25(22)31-13-7-4-8-14-31/h5-6,9-12,15H,4,7-8,13-14,17-19H2,1-3H3,(H,29,33). The summed E-state index contributed by atoms with van der Waals surface area (Å²) in [6.07, 6.45) is 5.37. The first kappa shape index (κ1) is 23.7. The Hall–Kier alpha value is -3.50. The van der Waals surface area contributed by atoms with Crippen molar-refractivity contribution in [1.82, 2.24) is 9.47 Å². The summed E-state index contributed by atoms with van der Waals surface area (Å²) in [6, 6.07) is 14.5. The molecule has 1 amide bonds. The predicted molar refractivity (Wildman–Crippen MR) is 134 cm³/mol. The number of hydrogen-bond acceptors (Lipinski definition) is 5. The Bertz CT molecular complexity index is 1170. The first-order valence-corrected chi connectivity index (χ1v) is 11.9. The Labute approximate surface area is 201 Å². The van der Waals surface area contributed by atoms with Crippen LogP contribution in [0, 0.1) is 25.2 Å².